The molecule has 3 rings (SSSR count). The fourth-order valence-electron chi connectivity index (χ4n) is 1.58. The summed E-state index contributed by atoms with van der Waals surface area (Å²) >= 11 is 0. The Kier molecular flexibility index (Phi) is 2.04. The van der Waals surface area contributed by atoms with Crippen molar-refractivity contribution in [2.45, 2.75) is 0 Å². The number of anilines is 1. The molecule has 0 fully saturated rings. The van der Waals surface area contributed by atoms with Crippen LogP contribution < -0.4 is 5.73 Å². The third-order valence-corrected chi connectivity index (χ3v) is 2.35. The van der Waals surface area contributed by atoms with E-state index in [9.17, 15) is 4.39 Å². The number of aromatic nitrogens is 2. The van der Waals surface area contributed by atoms with E-state index in [4.69, 9.17) is 10.2 Å². The van der Waals surface area contributed by atoms with Gasteiger partial charge in [0.25, 0.3) is 0 Å². The number of rotatable bonds is 1. The molecule has 0 bridgehead atoms. The van der Waals surface area contributed by atoms with E-state index in [2.05, 4.69) is 9.97 Å². The molecular weight excluding hydrogens is 221 g/mol. The summed E-state index contributed by atoms with van der Waals surface area (Å²) in [5.41, 5.74) is 7.06. The molecule has 2 heterocycles. The normalized spacial score (nSPS) is 10.9. The van der Waals surface area contributed by atoms with Crippen molar-refractivity contribution in [1.29, 1.82) is 0 Å². The fraction of sp³-hybridized carbons (Fsp3) is 0. The van der Waals surface area contributed by atoms with Crippen molar-refractivity contribution in [2.24, 2.45) is 0 Å². The van der Waals surface area contributed by atoms with Crippen molar-refractivity contribution in [2.75, 3.05) is 5.73 Å². The van der Waals surface area contributed by atoms with Gasteiger partial charge in [0, 0.05) is 5.56 Å². The van der Waals surface area contributed by atoms with Gasteiger partial charge in [-0.2, -0.15) is 4.98 Å². The lowest BCUT2D eigenvalue weighted by atomic mass is 10.2. The summed E-state index contributed by atoms with van der Waals surface area (Å²) in [4.78, 5) is 8.18. The zero-order valence-corrected chi connectivity index (χ0v) is 8.72. The average Bonchev–Trinajstić information content (AvgIpc) is 2.72. The van der Waals surface area contributed by atoms with E-state index >= 15 is 0 Å². The molecule has 2 N–H and O–H groups in total. The zero-order valence-electron chi connectivity index (χ0n) is 8.72. The first kappa shape index (κ1) is 9.77. The topological polar surface area (TPSA) is 64.9 Å². The Balaban J connectivity index is 2.18. The van der Waals surface area contributed by atoms with E-state index in [1.54, 1.807) is 24.3 Å². The molecule has 1 aromatic carbocycles. The largest absolute Gasteiger partial charge is 0.434 e. The first-order valence-corrected chi connectivity index (χ1v) is 5.01. The van der Waals surface area contributed by atoms with Gasteiger partial charge in [-0.25, -0.2) is 9.37 Å². The van der Waals surface area contributed by atoms with Crippen molar-refractivity contribution < 1.29 is 8.81 Å². The summed E-state index contributed by atoms with van der Waals surface area (Å²) in [5, 5.41) is 0. The van der Waals surface area contributed by atoms with Crippen molar-refractivity contribution >= 4 is 17.0 Å². The summed E-state index contributed by atoms with van der Waals surface area (Å²) in [6.45, 7) is 0. The average molecular weight is 229 g/mol. The molecule has 0 aliphatic rings. The summed E-state index contributed by atoms with van der Waals surface area (Å²) in [5.74, 6) is 0.367. The number of benzene rings is 1. The van der Waals surface area contributed by atoms with E-state index in [0.29, 0.717) is 28.5 Å². The van der Waals surface area contributed by atoms with Crippen LogP contribution >= 0.6 is 0 Å². The number of nitrogen functional groups attached to an aromatic ring is 1. The molecular formula is C12H8FN3O. The van der Waals surface area contributed by atoms with E-state index in [1.807, 2.05) is 0 Å². The lowest BCUT2D eigenvalue weighted by molar-refractivity contribution is 0.611. The number of hydrogen-bond acceptors (Lipinski definition) is 4. The molecule has 0 saturated carbocycles. The number of nitrogens with zero attached hydrogens (tertiary/aromatic N) is 2. The maximum Gasteiger partial charge on any atom is 0.228 e. The maximum absolute atomic E-state index is 13.1. The van der Waals surface area contributed by atoms with Gasteiger partial charge < -0.3 is 10.2 Å². The molecule has 17 heavy (non-hydrogen) atoms. The van der Waals surface area contributed by atoms with Crippen LogP contribution in [0, 0.1) is 5.82 Å². The van der Waals surface area contributed by atoms with E-state index in [-0.39, 0.29) is 5.82 Å². The van der Waals surface area contributed by atoms with Crippen molar-refractivity contribution in [3.63, 3.8) is 0 Å². The molecule has 4 nitrogen and oxygen atoms in total. The molecule has 84 valence electrons. The van der Waals surface area contributed by atoms with Crippen LogP contribution in [-0.4, -0.2) is 9.97 Å². The molecule has 0 radical (unpaired) electrons. The van der Waals surface area contributed by atoms with Crippen LogP contribution in [0.2, 0.25) is 0 Å². The highest BCUT2D eigenvalue weighted by Gasteiger charge is 2.09. The Bertz CT molecular complexity index is 693. The third-order valence-electron chi connectivity index (χ3n) is 2.35. The quantitative estimate of drug-likeness (QED) is 0.696. The number of halogens is 1. The first-order chi connectivity index (χ1) is 8.22. The molecule has 0 aliphatic carbocycles. The number of oxazole rings is 1. The van der Waals surface area contributed by atoms with Gasteiger partial charge in [-0.15, -0.1) is 0 Å². The molecule has 0 amide bonds. The highest BCUT2D eigenvalue weighted by Crippen LogP contribution is 2.24. The maximum atomic E-state index is 13.1. The van der Waals surface area contributed by atoms with Gasteiger partial charge >= 0.3 is 0 Å². The Morgan fingerprint density at radius 3 is 2.82 bits per heavy atom. The molecule has 3 aromatic rings. The van der Waals surface area contributed by atoms with E-state index in [1.165, 1.54) is 12.1 Å². The molecule has 0 unspecified atom stereocenters. The highest BCUT2D eigenvalue weighted by molar-refractivity contribution is 5.73. The second kappa shape index (κ2) is 3.55. The van der Waals surface area contributed by atoms with Crippen molar-refractivity contribution in [3.05, 3.63) is 42.2 Å². The van der Waals surface area contributed by atoms with Crippen LogP contribution in [0.25, 0.3) is 22.7 Å². The molecule has 0 saturated heterocycles. The second-order valence-corrected chi connectivity index (χ2v) is 3.59. The minimum absolute atomic E-state index is 0.331. The van der Waals surface area contributed by atoms with Gasteiger partial charge in [0.05, 0.1) is 0 Å². The molecule has 0 aliphatic heterocycles. The highest BCUT2D eigenvalue weighted by atomic mass is 19.1. The Hall–Kier alpha value is -2.43. The van der Waals surface area contributed by atoms with Gasteiger partial charge in [0.15, 0.2) is 5.58 Å². The second-order valence-electron chi connectivity index (χ2n) is 3.59. The first-order valence-electron chi connectivity index (χ1n) is 5.01. The lowest BCUT2D eigenvalue weighted by Gasteiger charge is -1.93. The Labute approximate surface area is 95.9 Å². The summed E-state index contributed by atoms with van der Waals surface area (Å²) < 4.78 is 18.5. The SMILES string of the molecule is Nc1ccc2oc(-c3cccc(F)c3)nc2n1. The van der Waals surface area contributed by atoms with Crippen LogP contribution in [0.1, 0.15) is 0 Å². The van der Waals surface area contributed by atoms with E-state index in [0.717, 1.165) is 0 Å². The molecule has 0 spiro atoms. The summed E-state index contributed by atoms with van der Waals surface area (Å²) in [7, 11) is 0. The predicted molar refractivity (Wildman–Crippen MR) is 61.6 cm³/mol. The molecule has 2 aromatic heterocycles. The Morgan fingerprint density at radius 2 is 2.00 bits per heavy atom. The lowest BCUT2D eigenvalue weighted by Crippen LogP contribution is -1.88. The number of fused-ring (bicyclic) bond motifs is 1. The van der Waals surface area contributed by atoms with Gasteiger partial charge in [-0.05, 0) is 30.3 Å². The van der Waals surface area contributed by atoms with Crippen LogP contribution in [0.15, 0.2) is 40.8 Å². The van der Waals surface area contributed by atoms with Crippen LogP contribution in [0.3, 0.4) is 0 Å². The minimum atomic E-state index is -0.336. The predicted octanol–water partition coefficient (Wildman–Crippen LogP) is 2.61. The van der Waals surface area contributed by atoms with Gasteiger partial charge in [-0.3, -0.25) is 0 Å². The standard InChI is InChI=1S/C12H8FN3O/c13-8-3-1-2-7(6-8)12-16-11-9(17-12)4-5-10(14)15-11/h1-6H,(H2,14,15). The van der Waals surface area contributed by atoms with Gasteiger partial charge in [0.1, 0.15) is 11.6 Å². The number of nitrogens with two attached hydrogens (primary N) is 1. The van der Waals surface area contributed by atoms with Crippen molar-refractivity contribution in [3.8, 4) is 11.5 Å². The molecule has 0 atom stereocenters. The smallest absolute Gasteiger partial charge is 0.228 e. The molecule has 5 heteroatoms. The third kappa shape index (κ3) is 1.71. The Morgan fingerprint density at radius 1 is 1.12 bits per heavy atom. The van der Waals surface area contributed by atoms with Crippen molar-refractivity contribution in [1.82, 2.24) is 9.97 Å². The monoisotopic (exact) mass is 229 g/mol. The zero-order chi connectivity index (χ0) is 11.8. The van der Waals surface area contributed by atoms with Gasteiger partial charge in [0.2, 0.25) is 11.5 Å². The summed E-state index contributed by atoms with van der Waals surface area (Å²) in [6.07, 6.45) is 0. The van der Waals surface area contributed by atoms with E-state index < -0.39 is 0 Å². The number of hydrogen-bond donors (Lipinski definition) is 1. The number of pyridine rings is 1. The van der Waals surface area contributed by atoms with Crippen LogP contribution in [0.5, 0.6) is 0 Å². The van der Waals surface area contributed by atoms with Crippen LogP contribution in [-0.2, 0) is 0 Å². The van der Waals surface area contributed by atoms with Crippen LogP contribution in [0.4, 0.5) is 10.2 Å². The summed E-state index contributed by atoms with van der Waals surface area (Å²) in [6, 6.07) is 9.35. The fourth-order valence-corrected chi connectivity index (χ4v) is 1.58. The van der Waals surface area contributed by atoms with Gasteiger partial charge in [-0.1, -0.05) is 6.07 Å². The minimum Gasteiger partial charge on any atom is -0.434 e.